The Morgan fingerprint density at radius 2 is 1.96 bits per heavy atom. The van der Waals surface area contributed by atoms with Crippen LogP contribution in [-0.4, -0.2) is 62.3 Å². The molecule has 0 radical (unpaired) electrons. The van der Waals surface area contributed by atoms with Gasteiger partial charge in [-0.1, -0.05) is 11.6 Å². The van der Waals surface area contributed by atoms with Gasteiger partial charge in [0.05, 0.1) is 12.1 Å². The Morgan fingerprint density at radius 1 is 1.22 bits per heavy atom. The predicted molar refractivity (Wildman–Crippen MR) is 82.3 cm³/mol. The predicted octanol–water partition coefficient (Wildman–Crippen LogP) is 0.0104. The van der Waals surface area contributed by atoms with Gasteiger partial charge in [0.2, 0.25) is 6.29 Å². The number of rotatable bonds is 3. The van der Waals surface area contributed by atoms with Crippen LogP contribution < -0.4 is 4.74 Å². The zero-order valence-electron chi connectivity index (χ0n) is 12.3. The van der Waals surface area contributed by atoms with Gasteiger partial charge in [-0.25, -0.2) is 0 Å². The molecule has 1 aliphatic rings. The van der Waals surface area contributed by atoms with Crippen LogP contribution in [0.4, 0.5) is 0 Å². The number of aliphatic hydroxyl groups is 4. The van der Waals surface area contributed by atoms with Crippen LogP contribution in [0, 0.1) is 0 Å². The summed E-state index contributed by atoms with van der Waals surface area (Å²) in [7, 11) is 1.82. The van der Waals surface area contributed by atoms with Crippen LogP contribution in [-0.2, 0) is 11.8 Å². The number of ether oxygens (including phenoxy) is 2. The molecule has 5 atom stereocenters. The molecule has 0 unspecified atom stereocenters. The van der Waals surface area contributed by atoms with Crippen molar-refractivity contribution >= 4 is 22.5 Å². The van der Waals surface area contributed by atoms with Crippen LogP contribution in [0.5, 0.6) is 5.75 Å². The second kappa shape index (κ2) is 6.27. The highest BCUT2D eigenvalue weighted by Gasteiger charge is 2.44. The average Bonchev–Trinajstić information content (AvgIpc) is 2.83. The molecular formula is C15H18ClNO6. The number of hydrogen-bond acceptors (Lipinski definition) is 6. The summed E-state index contributed by atoms with van der Waals surface area (Å²) in [6.45, 7) is -0.504. The van der Waals surface area contributed by atoms with Gasteiger partial charge in [0.15, 0.2) is 0 Å². The Balaban J connectivity index is 1.89. The standard InChI is InChI=1S/C15H18ClNO6/c1-17-5-10(8-3-2-7(16)4-9(8)17)22-15-14(21)13(20)12(19)11(6-18)23-15/h2-5,11-15,18-21H,6H2,1H3/t11-,12+,13+,14-,15-/m1/s1. The molecule has 8 heteroatoms. The smallest absolute Gasteiger partial charge is 0.229 e. The second-order valence-electron chi connectivity index (χ2n) is 5.58. The van der Waals surface area contributed by atoms with Crippen molar-refractivity contribution in [3.05, 3.63) is 29.4 Å². The third-order valence-electron chi connectivity index (χ3n) is 4.01. The first-order valence-electron chi connectivity index (χ1n) is 7.14. The van der Waals surface area contributed by atoms with Crippen molar-refractivity contribution in [1.29, 1.82) is 0 Å². The first-order chi connectivity index (χ1) is 10.9. The zero-order valence-corrected chi connectivity index (χ0v) is 13.1. The Labute approximate surface area is 137 Å². The molecule has 1 fully saturated rings. The summed E-state index contributed by atoms with van der Waals surface area (Å²) >= 11 is 5.98. The maximum Gasteiger partial charge on any atom is 0.229 e. The summed E-state index contributed by atoms with van der Waals surface area (Å²) in [4.78, 5) is 0. The van der Waals surface area contributed by atoms with Gasteiger partial charge in [0, 0.05) is 23.7 Å². The number of hydrogen-bond donors (Lipinski definition) is 4. The largest absolute Gasteiger partial charge is 0.460 e. The number of nitrogens with zero attached hydrogens (tertiary/aromatic N) is 1. The molecule has 2 heterocycles. The fourth-order valence-corrected chi connectivity index (χ4v) is 2.87. The monoisotopic (exact) mass is 343 g/mol. The van der Waals surface area contributed by atoms with Crippen molar-refractivity contribution in [1.82, 2.24) is 4.57 Å². The summed E-state index contributed by atoms with van der Waals surface area (Å²) in [6, 6.07) is 5.26. The number of benzene rings is 1. The minimum Gasteiger partial charge on any atom is -0.460 e. The van der Waals surface area contributed by atoms with Crippen LogP contribution in [0.2, 0.25) is 5.02 Å². The van der Waals surface area contributed by atoms with Gasteiger partial charge in [0.25, 0.3) is 0 Å². The summed E-state index contributed by atoms with van der Waals surface area (Å²) in [6.07, 6.45) is -4.87. The Morgan fingerprint density at radius 3 is 2.65 bits per heavy atom. The van der Waals surface area contributed by atoms with E-state index < -0.39 is 37.3 Å². The molecule has 0 saturated carbocycles. The normalized spacial score (nSPS) is 31.5. The topological polar surface area (TPSA) is 104 Å². The molecule has 1 aliphatic heterocycles. The van der Waals surface area contributed by atoms with E-state index in [2.05, 4.69) is 0 Å². The molecule has 7 nitrogen and oxygen atoms in total. The van der Waals surface area contributed by atoms with Crippen LogP contribution in [0.3, 0.4) is 0 Å². The third kappa shape index (κ3) is 2.91. The zero-order chi connectivity index (χ0) is 16.7. The molecular weight excluding hydrogens is 326 g/mol. The van der Waals surface area contributed by atoms with Crippen molar-refractivity contribution in [3.63, 3.8) is 0 Å². The quantitative estimate of drug-likeness (QED) is 0.626. The average molecular weight is 344 g/mol. The first-order valence-corrected chi connectivity index (χ1v) is 7.52. The number of aromatic nitrogens is 1. The fourth-order valence-electron chi connectivity index (χ4n) is 2.70. The van der Waals surface area contributed by atoms with E-state index in [-0.39, 0.29) is 0 Å². The molecule has 126 valence electrons. The minimum atomic E-state index is -1.48. The highest BCUT2D eigenvalue weighted by atomic mass is 35.5. The minimum absolute atomic E-state index is 0.434. The highest BCUT2D eigenvalue weighted by Crippen LogP contribution is 2.32. The molecule has 4 N–H and O–H groups in total. The van der Waals surface area contributed by atoms with Crippen molar-refractivity contribution in [2.24, 2.45) is 7.05 Å². The SMILES string of the molecule is Cn1cc(O[C@@H]2O[C@H](CO)[C@H](O)[C@H](O)[C@H]2O)c2ccc(Cl)cc21. The number of aryl methyl sites for hydroxylation is 1. The molecule has 23 heavy (non-hydrogen) atoms. The van der Waals surface area contributed by atoms with E-state index in [0.717, 1.165) is 10.9 Å². The first kappa shape index (κ1) is 16.5. The molecule has 1 aromatic carbocycles. The molecule has 1 saturated heterocycles. The van der Waals surface area contributed by atoms with Crippen molar-refractivity contribution in [2.75, 3.05) is 6.61 Å². The molecule has 0 bridgehead atoms. The molecule has 2 aromatic rings. The Kier molecular flexibility index (Phi) is 4.50. The number of aliphatic hydroxyl groups excluding tert-OH is 4. The third-order valence-corrected chi connectivity index (χ3v) is 4.24. The van der Waals surface area contributed by atoms with Gasteiger partial charge < -0.3 is 34.5 Å². The molecule has 0 spiro atoms. The summed E-state index contributed by atoms with van der Waals surface area (Å²) in [5.74, 6) is 0.434. The summed E-state index contributed by atoms with van der Waals surface area (Å²) in [5.41, 5.74) is 0.831. The van der Waals surface area contributed by atoms with E-state index in [9.17, 15) is 20.4 Å². The number of fused-ring (bicyclic) bond motifs is 1. The van der Waals surface area contributed by atoms with Gasteiger partial charge in [-0.2, -0.15) is 0 Å². The van der Waals surface area contributed by atoms with Gasteiger partial charge >= 0.3 is 0 Å². The van der Waals surface area contributed by atoms with Gasteiger partial charge in [0.1, 0.15) is 30.2 Å². The molecule has 1 aromatic heterocycles. The van der Waals surface area contributed by atoms with Gasteiger partial charge in [-0.15, -0.1) is 0 Å². The van der Waals surface area contributed by atoms with Crippen molar-refractivity contribution in [3.8, 4) is 5.75 Å². The van der Waals surface area contributed by atoms with E-state index in [1.807, 2.05) is 7.05 Å². The van der Waals surface area contributed by atoms with E-state index in [0.29, 0.717) is 10.8 Å². The van der Waals surface area contributed by atoms with E-state index in [4.69, 9.17) is 21.1 Å². The Bertz CT molecular complexity index is 703. The van der Waals surface area contributed by atoms with Crippen molar-refractivity contribution < 1.29 is 29.9 Å². The van der Waals surface area contributed by atoms with Gasteiger partial charge in [-0.05, 0) is 18.2 Å². The van der Waals surface area contributed by atoms with Gasteiger partial charge in [-0.3, -0.25) is 0 Å². The lowest BCUT2D eigenvalue weighted by atomic mass is 9.99. The number of halogens is 1. The lowest BCUT2D eigenvalue weighted by molar-refractivity contribution is -0.277. The lowest BCUT2D eigenvalue weighted by Gasteiger charge is -2.39. The highest BCUT2D eigenvalue weighted by molar-refractivity contribution is 6.31. The molecule has 0 aliphatic carbocycles. The fraction of sp³-hybridized carbons (Fsp3) is 0.467. The maximum absolute atomic E-state index is 10.0. The van der Waals surface area contributed by atoms with Crippen LogP contribution >= 0.6 is 11.6 Å². The maximum atomic E-state index is 10.0. The van der Waals surface area contributed by atoms with Crippen LogP contribution in [0.25, 0.3) is 10.9 Å². The van der Waals surface area contributed by atoms with E-state index in [1.165, 1.54) is 0 Å². The lowest BCUT2D eigenvalue weighted by Crippen LogP contribution is -2.60. The van der Waals surface area contributed by atoms with E-state index >= 15 is 0 Å². The van der Waals surface area contributed by atoms with Crippen LogP contribution in [0.1, 0.15) is 0 Å². The van der Waals surface area contributed by atoms with Crippen molar-refractivity contribution in [2.45, 2.75) is 30.7 Å². The van der Waals surface area contributed by atoms with E-state index in [1.54, 1.807) is 29.0 Å². The molecule has 0 amide bonds. The Hall–Kier alpha value is -1.35. The molecule has 3 rings (SSSR count). The second-order valence-corrected chi connectivity index (χ2v) is 6.02. The van der Waals surface area contributed by atoms with Crippen LogP contribution in [0.15, 0.2) is 24.4 Å². The summed E-state index contributed by atoms with van der Waals surface area (Å²) < 4.78 is 12.8. The summed E-state index contributed by atoms with van der Waals surface area (Å²) in [5, 5.41) is 40.2.